The number of para-hydroxylation sites is 1. The van der Waals surface area contributed by atoms with Gasteiger partial charge in [0.05, 0.1) is 5.69 Å². The zero-order chi connectivity index (χ0) is 24.7. The van der Waals surface area contributed by atoms with Crippen LogP contribution in [0.15, 0.2) is 78.5 Å². The second-order valence-electron chi connectivity index (χ2n) is 8.53. The van der Waals surface area contributed by atoms with Crippen LogP contribution in [0.4, 0.5) is 10.1 Å². The third-order valence-corrected chi connectivity index (χ3v) is 6.59. The zero-order valence-corrected chi connectivity index (χ0v) is 20.0. The van der Waals surface area contributed by atoms with Crippen LogP contribution in [0.2, 0.25) is 0 Å². The van der Waals surface area contributed by atoms with E-state index in [-0.39, 0.29) is 16.5 Å². The number of rotatable bonds is 4. The number of aromatic nitrogens is 1. The van der Waals surface area contributed by atoms with Crippen LogP contribution in [-0.4, -0.2) is 21.5 Å². The number of carbonyl (C=O) groups is 2. The molecule has 2 heterocycles. The maximum absolute atomic E-state index is 13.5. The van der Waals surface area contributed by atoms with Gasteiger partial charge in [-0.05, 0) is 73.1 Å². The Morgan fingerprint density at radius 2 is 1.71 bits per heavy atom. The number of aryl methyl sites for hydroxylation is 1. The van der Waals surface area contributed by atoms with E-state index in [2.05, 4.69) is 5.32 Å². The van der Waals surface area contributed by atoms with E-state index < -0.39 is 11.8 Å². The number of carbonyl (C=O) groups excluding carboxylic acids is 2. The Balaban J connectivity index is 1.58. The van der Waals surface area contributed by atoms with Gasteiger partial charge < -0.3 is 4.57 Å². The predicted octanol–water partition coefficient (Wildman–Crippen LogP) is 5.28. The van der Waals surface area contributed by atoms with Crippen molar-refractivity contribution < 1.29 is 14.0 Å². The largest absolute Gasteiger partial charge is 0.342 e. The molecule has 0 radical (unpaired) electrons. The molecule has 0 atom stereocenters. The Kier molecular flexibility index (Phi) is 5.78. The lowest BCUT2D eigenvalue weighted by molar-refractivity contribution is -0.122. The van der Waals surface area contributed by atoms with Crippen LogP contribution in [-0.2, 0) is 16.1 Å². The Bertz CT molecular complexity index is 1540. The van der Waals surface area contributed by atoms with Crippen LogP contribution in [0.25, 0.3) is 17.0 Å². The summed E-state index contributed by atoms with van der Waals surface area (Å²) in [5.74, 6) is -1.29. The van der Waals surface area contributed by atoms with Crippen molar-refractivity contribution in [3.05, 3.63) is 107 Å². The predicted molar refractivity (Wildman–Crippen MR) is 140 cm³/mol. The Morgan fingerprint density at radius 1 is 0.971 bits per heavy atom. The van der Waals surface area contributed by atoms with Gasteiger partial charge in [0.1, 0.15) is 11.4 Å². The van der Waals surface area contributed by atoms with E-state index in [9.17, 15) is 14.0 Å². The van der Waals surface area contributed by atoms with Crippen molar-refractivity contribution in [1.29, 1.82) is 0 Å². The summed E-state index contributed by atoms with van der Waals surface area (Å²) < 4.78 is 15.4. The van der Waals surface area contributed by atoms with E-state index in [1.807, 2.05) is 67.1 Å². The number of hydrogen-bond donors (Lipinski definition) is 1. The molecule has 0 spiro atoms. The number of anilines is 1. The van der Waals surface area contributed by atoms with Gasteiger partial charge in [-0.25, -0.2) is 4.39 Å². The maximum Gasteiger partial charge on any atom is 0.270 e. The van der Waals surface area contributed by atoms with Crippen molar-refractivity contribution in [3.63, 3.8) is 0 Å². The number of benzene rings is 3. The standard InChI is InChI=1S/C28H22FN3O2S/c1-17-6-5-9-24(18(17)2)32-27(34)23(26(33)30-28(32)35)14-20-16-31(25-8-4-3-7-22(20)25)15-19-10-12-21(29)13-11-19/h3-14,16H,15H2,1-2H3,(H,30,33,35). The molecule has 1 N–H and O–H groups in total. The fourth-order valence-corrected chi connectivity index (χ4v) is 4.59. The minimum Gasteiger partial charge on any atom is -0.342 e. The van der Waals surface area contributed by atoms with Crippen LogP contribution in [0.1, 0.15) is 22.3 Å². The first kappa shape index (κ1) is 22.7. The average molecular weight is 484 g/mol. The molecule has 3 aromatic carbocycles. The molecule has 5 rings (SSSR count). The van der Waals surface area contributed by atoms with Gasteiger partial charge >= 0.3 is 0 Å². The van der Waals surface area contributed by atoms with Gasteiger partial charge in [-0.1, -0.05) is 42.5 Å². The van der Waals surface area contributed by atoms with Gasteiger partial charge in [-0.15, -0.1) is 0 Å². The SMILES string of the molecule is Cc1cccc(N2C(=O)C(=Cc3cn(Cc4ccc(F)cc4)c4ccccc34)C(=O)NC2=S)c1C. The monoisotopic (exact) mass is 483 g/mol. The van der Waals surface area contributed by atoms with Gasteiger partial charge in [0.2, 0.25) is 0 Å². The van der Waals surface area contributed by atoms with E-state index in [1.165, 1.54) is 17.0 Å². The number of nitrogens with zero attached hydrogens (tertiary/aromatic N) is 2. The van der Waals surface area contributed by atoms with Crippen molar-refractivity contribution in [2.24, 2.45) is 0 Å². The van der Waals surface area contributed by atoms with Crippen LogP contribution < -0.4 is 10.2 Å². The van der Waals surface area contributed by atoms with E-state index in [0.717, 1.165) is 33.2 Å². The van der Waals surface area contributed by atoms with E-state index in [1.54, 1.807) is 18.2 Å². The molecule has 1 aliphatic rings. The number of halogens is 1. The molecule has 0 saturated carbocycles. The smallest absolute Gasteiger partial charge is 0.270 e. The molecular formula is C28H22FN3O2S. The summed E-state index contributed by atoms with van der Waals surface area (Å²) >= 11 is 5.36. The summed E-state index contributed by atoms with van der Waals surface area (Å²) in [7, 11) is 0. The van der Waals surface area contributed by atoms with Gasteiger partial charge in [0.25, 0.3) is 11.8 Å². The maximum atomic E-state index is 13.5. The zero-order valence-electron chi connectivity index (χ0n) is 19.2. The molecule has 0 unspecified atom stereocenters. The van der Waals surface area contributed by atoms with Crippen molar-refractivity contribution >= 4 is 51.8 Å². The van der Waals surface area contributed by atoms with Gasteiger partial charge in [-0.3, -0.25) is 19.8 Å². The molecule has 2 amide bonds. The lowest BCUT2D eigenvalue weighted by Crippen LogP contribution is -2.54. The quantitative estimate of drug-likeness (QED) is 0.244. The van der Waals surface area contributed by atoms with Gasteiger partial charge in [-0.2, -0.15) is 0 Å². The number of fused-ring (bicyclic) bond motifs is 1. The normalized spacial score (nSPS) is 15.2. The molecule has 7 heteroatoms. The lowest BCUT2D eigenvalue weighted by atomic mass is 10.0. The summed E-state index contributed by atoms with van der Waals surface area (Å²) in [5.41, 5.74) is 5.18. The molecule has 1 aliphatic heterocycles. The highest BCUT2D eigenvalue weighted by Crippen LogP contribution is 2.29. The molecule has 0 aliphatic carbocycles. The fraction of sp³-hybridized carbons (Fsp3) is 0.107. The average Bonchev–Trinajstić information content (AvgIpc) is 3.18. The summed E-state index contributed by atoms with van der Waals surface area (Å²) in [6.45, 7) is 4.40. The van der Waals surface area contributed by atoms with Crippen LogP contribution in [0.5, 0.6) is 0 Å². The van der Waals surface area contributed by atoms with E-state index >= 15 is 0 Å². The fourth-order valence-electron chi connectivity index (χ4n) is 4.32. The highest BCUT2D eigenvalue weighted by Gasteiger charge is 2.35. The minimum absolute atomic E-state index is 0.00388. The summed E-state index contributed by atoms with van der Waals surface area (Å²) in [5, 5.41) is 3.62. The third kappa shape index (κ3) is 4.15. The number of thiocarbonyl (C=S) groups is 1. The molecule has 4 aromatic rings. The van der Waals surface area contributed by atoms with Gasteiger partial charge in [0, 0.05) is 29.2 Å². The summed E-state index contributed by atoms with van der Waals surface area (Å²) in [6.07, 6.45) is 3.51. The number of hydrogen-bond acceptors (Lipinski definition) is 3. The number of nitrogens with one attached hydrogen (secondary N) is 1. The third-order valence-electron chi connectivity index (χ3n) is 6.30. The molecule has 1 saturated heterocycles. The first-order valence-corrected chi connectivity index (χ1v) is 11.5. The molecule has 35 heavy (non-hydrogen) atoms. The molecule has 1 aromatic heterocycles. The Hall–Kier alpha value is -4.10. The first-order chi connectivity index (χ1) is 16.8. The summed E-state index contributed by atoms with van der Waals surface area (Å²) in [6, 6.07) is 19.7. The molecule has 1 fully saturated rings. The topological polar surface area (TPSA) is 54.3 Å². The highest BCUT2D eigenvalue weighted by atomic mass is 32.1. The van der Waals surface area contributed by atoms with Crippen molar-refractivity contribution in [2.45, 2.75) is 20.4 Å². The van der Waals surface area contributed by atoms with E-state index in [4.69, 9.17) is 12.2 Å². The van der Waals surface area contributed by atoms with Crippen LogP contribution in [0, 0.1) is 19.7 Å². The highest BCUT2D eigenvalue weighted by molar-refractivity contribution is 7.80. The Morgan fingerprint density at radius 3 is 2.49 bits per heavy atom. The molecule has 0 bridgehead atoms. The van der Waals surface area contributed by atoms with Crippen LogP contribution in [0.3, 0.4) is 0 Å². The second-order valence-corrected chi connectivity index (χ2v) is 8.92. The van der Waals surface area contributed by atoms with Crippen molar-refractivity contribution in [2.75, 3.05) is 4.90 Å². The number of amides is 2. The van der Waals surface area contributed by atoms with Crippen LogP contribution >= 0.6 is 12.2 Å². The van der Waals surface area contributed by atoms with E-state index in [0.29, 0.717) is 12.2 Å². The van der Waals surface area contributed by atoms with Crippen molar-refractivity contribution in [3.8, 4) is 0 Å². The van der Waals surface area contributed by atoms with Gasteiger partial charge in [0.15, 0.2) is 5.11 Å². The Labute approximate surface area is 207 Å². The lowest BCUT2D eigenvalue weighted by Gasteiger charge is -2.30. The molecular weight excluding hydrogens is 461 g/mol. The summed E-state index contributed by atoms with van der Waals surface area (Å²) in [4.78, 5) is 27.8. The van der Waals surface area contributed by atoms with Crippen molar-refractivity contribution in [1.82, 2.24) is 9.88 Å². The first-order valence-electron chi connectivity index (χ1n) is 11.1. The molecule has 5 nitrogen and oxygen atoms in total. The second kappa shape index (κ2) is 8.92. The molecule has 174 valence electrons. The minimum atomic E-state index is -0.531.